The molecule has 0 aliphatic heterocycles. The zero-order valence-corrected chi connectivity index (χ0v) is 21.5. The minimum absolute atomic E-state index is 0.238. The first-order chi connectivity index (χ1) is 18.1. The molecule has 1 unspecified atom stereocenters. The highest BCUT2D eigenvalue weighted by Crippen LogP contribution is 2.23. The molecule has 3 aromatic carbocycles. The Hall–Kier alpha value is -3.42. The number of urea groups is 1. The molecule has 196 valence electrons. The number of unbranched alkanes of at least 4 members (excludes halogenated alkanes) is 1. The molecule has 0 heterocycles. The molecular formula is C30H39N5O2. The lowest BCUT2D eigenvalue weighted by atomic mass is 9.95. The first kappa shape index (κ1) is 26.6. The molecule has 0 bridgehead atoms. The van der Waals surface area contributed by atoms with Crippen molar-refractivity contribution in [3.63, 3.8) is 0 Å². The van der Waals surface area contributed by atoms with Gasteiger partial charge in [-0.3, -0.25) is 4.79 Å². The highest BCUT2D eigenvalue weighted by molar-refractivity contribution is 6.03. The quantitative estimate of drug-likeness (QED) is 0.223. The van der Waals surface area contributed by atoms with Gasteiger partial charge in [-0.25, -0.2) is 4.79 Å². The van der Waals surface area contributed by atoms with Crippen LogP contribution in [0.3, 0.4) is 0 Å². The van der Waals surface area contributed by atoms with Crippen LogP contribution in [0.15, 0.2) is 66.7 Å². The molecule has 7 heteroatoms. The minimum atomic E-state index is -0.672. The normalized spacial score (nSPS) is 14.7. The second-order valence-electron chi connectivity index (χ2n) is 9.86. The van der Waals surface area contributed by atoms with Gasteiger partial charge in [-0.2, -0.15) is 0 Å². The maximum atomic E-state index is 13.1. The van der Waals surface area contributed by atoms with Crippen LogP contribution >= 0.6 is 0 Å². The van der Waals surface area contributed by atoms with Crippen LogP contribution < -0.4 is 27.0 Å². The van der Waals surface area contributed by atoms with Gasteiger partial charge < -0.3 is 27.0 Å². The number of hydrogen-bond acceptors (Lipinski definition) is 4. The van der Waals surface area contributed by atoms with Crippen molar-refractivity contribution in [3.8, 4) is 0 Å². The molecule has 1 fully saturated rings. The average molecular weight is 502 g/mol. The highest BCUT2D eigenvalue weighted by atomic mass is 16.2. The monoisotopic (exact) mass is 501 g/mol. The van der Waals surface area contributed by atoms with E-state index in [1.54, 1.807) is 0 Å². The van der Waals surface area contributed by atoms with Gasteiger partial charge in [0.2, 0.25) is 5.91 Å². The fourth-order valence-corrected chi connectivity index (χ4v) is 4.92. The van der Waals surface area contributed by atoms with Crippen LogP contribution in [0.1, 0.15) is 56.9 Å². The van der Waals surface area contributed by atoms with Crippen LogP contribution in [0, 0.1) is 0 Å². The molecule has 1 atom stereocenters. The second kappa shape index (κ2) is 13.8. The molecule has 1 aliphatic rings. The summed E-state index contributed by atoms with van der Waals surface area (Å²) in [6.07, 6.45) is 8.51. The van der Waals surface area contributed by atoms with E-state index in [9.17, 15) is 9.59 Å². The predicted molar refractivity (Wildman–Crippen MR) is 152 cm³/mol. The van der Waals surface area contributed by atoms with Crippen LogP contribution in [-0.2, 0) is 11.3 Å². The zero-order chi connectivity index (χ0) is 25.9. The van der Waals surface area contributed by atoms with Gasteiger partial charge in [0.15, 0.2) is 0 Å². The van der Waals surface area contributed by atoms with E-state index in [1.807, 2.05) is 66.7 Å². The number of fused-ring (bicyclic) bond motifs is 1. The molecule has 0 aromatic heterocycles. The van der Waals surface area contributed by atoms with Crippen molar-refractivity contribution >= 4 is 34.1 Å². The number of anilines is 2. The highest BCUT2D eigenvalue weighted by Gasteiger charge is 2.21. The Morgan fingerprint density at radius 3 is 2.41 bits per heavy atom. The van der Waals surface area contributed by atoms with E-state index in [0.29, 0.717) is 30.4 Å². The summed E-state index contributed by atoms with van der Waals surface area (Å²) >= 11 is 0. The summed E-state index contributed by atoms with van der Waals surface area (Å²) in [6, 6.07) is 21.1. The lowest BCUT2D eigenvalue weighted by Crippen LogP contribution is -2.45. The van der Waals surface area contributed by atoms with Crippen molar-refractivity contribution in [2.45, 2.75) is 70.0 Å². The van der Waals surface area contributed by atoms with Crippen molar-refractivity contribution in [1.82, 2.24) is 10.6 Å². The summed E-state index contributed by atoms with van der Waals surface area (Å²) in [6.45, 7) is 1.38. The predicted octanol–water partition coefficient (Wildman–Crippen LogP) is 5.52. The van der Waals surface area contributed by atoms with Crippen molar-refractivity contribution in [1.29, 1.82) is 0 Å². The second-order valence-corrected chi connectivity index (χ2v) is 9.86. The number of nitrogens with one attached hydrogen (secondary N) is 4. The first-order valence-corrected chi connectivity index (χ1v) is 13.5. The molecule has 3 aromatic rings. The molecule has 1 aliphatic carbocycles. The fourth-order valence-electron chi connectivity index (χ4n) is 4.92. The number of amides is 3. The fraction of sp³-hybridized carbons (Fsp3) is 0.400. The van der Waals surface area contributed by atoms with Gasteiger partial charge in [-0.05, 0) is 67.8 Å². The number of carbonyl (C=O) groups excluding carboxylic acids is 2. The minimum Gasteiger partial charge on any atom is -0.330 e. The van der Waals surface area contributed by atoms with E-state index in [2.05, 4.69) is 21.3 Å². The summed E-state index contributed by atoms with van der Waals surface area (Å²) in [5.41, 5.74) is 8.26. The lowest BCUT2D eigenvalue weighted by Gasteiger charge is -2.23. The number of hydrogen-bond donors (Lipinski definition) is 5. The van der Waals surface area contributed by atoms with E-state index in [4.69, 9.17) is 5.73 Å². The third-order valence-electron chi connectivity index (χ3n) is 7.03. The molecule has 0 spiro atoms. The average Bonchev–Trinajstić information content (AvgIpc) is 2.93. The standard InChI is InChI=1S/C30H39N5O2/c31-20-7-6-14-28(35-30(37)34-27-15-8-10-23-9-4-5-13-26(23)27)29(36)33-25-18-16-22(17-19-25)21-32-24-11-2-1-3-12-24/h4-5,8-10,13,15-19,24,28,32H,1-3,6-7,11-12,14,20-21,31H2,(H,33,36)(H2,34,35,37). The molecule has 3 amide bonds. The van der Waals surface area contributed by atoms with Crippen molar-refractivity contribution in [3.05, 3.63) is 72.3 Å². The number of rotatable bonds is 11. The Bertz CT molecular complexity index is 1150. The Morgan fingerprint density at radius 2 is 1.62 bits per heavy atom. The zero-order valence-electron chi connectivity index (χ0n) is 21.5. The smallest absolute Gasteiger partial charge is 0.319 e. The third kappa shape index (κ3) is 8.03. The van der Waals surface area contributed by atoms with Crippen LogP contribution in [0.5, 0.6) is 0 Å². The molecule has 4 rings (SSSR count). The number of benzene rings is 3. The Labute approximate surface area is 219 Å². The van der Waals surface area contributed by atoms with Gasteiger partial charge in [0.1, 0.15) is 6.04 Å². The van der Waals surface area contributed by atoms with Crippen LogP contribution in [0.4, 0.5) is 16.2 Å². The number of carbonyl (C=O) groups is 2. The molecular weight excluding hydrogens is 462 g/mol. The maximum absolute atomic E-state index is 13.1. The first-order valence-electron chi connectivity index (χ1n) is 13.5. The summed E-state index contributed by atoms with van der Waals surface area (Å²) in [5.74, 6) is -0.238. The van der Waals surface area contributed by atoms with Gasteiger partial charge in [0.25, 0.3) is 0 Å². The van der Waals surface area contributed by atoms with Crippen LogP contribution in [0.2, 0.25) is 0 Å². The topological polar surface area (TPSA) is 108 Å². The van der Waals surface area contributed by atoms with E-state index in [1.165, 1.54) is 37.7 Å². The lowest BCUT2D eigenvalue weighted by molar-refractivity contribution is -0.118. The van der Waals surface area contributed by atoms with Gasteiger partial charge >= 0.3 is 6.03 Å². The molecule has 7 nitrogen and oxygen atoms in total. The summed E-state index contributed by atoms with van der Waals surface area (Å²) in [5, 5.41) is 14.4. The number of nitrogens with two attached hydrogens (primary N) is 1. The van der Waals surface area contributed by atoms with Gasteiger partial charge in [-0.1, -0.05) is 67.8 Å². The van der Waals surface area contributed by atoms with Gasteiger partial charge in [-0.15, -0.1) is 0 Å². The van der Waals surface area contributed by atoms with Crippen LogP contribution in [-0.4, -0.2) is 30.6 Å². The molecule has 1 saturated carbocycles. The molecule has 37 heavy (non-hydrogen) atoms. The van der Waals surface area contributed by atoms with E-state index >= 15 is 0 Å². The van der Waals surface area contributed by atoms with E-state index in [0.717, 1.165) is 30.2 Å². The van der Waals surface area contributed by atoms with E-state index < -0.39 is 12.1 Å². The molecule has 0 saturated heterocycles. The Balaban J connectivity index is 1.34. The van der Waals surface area contributed by atoms with Gasteiger partial charge in [0, 0.05) is 23.7 Å². The summed E-state index contributed by atoms with van der Waals surface area (Å²) in [7, 11) is 0. The largest absolute Gasteiger partial charge is 0.330 e. The Kier molecular flexibility index (Phi) is 9.91. The van der Waals surface area contributed by atoms with E-state index in [-0.39, 0.29) is 5.91 Å². The third-order valence-corrected chi connectivity index (χ3v) is 7.03. The van der Waals surface area contributed by atoms with Crippen molar-refractivity contribution in [2.24, 2.45) is 5.73 Å². The SMILES string of the molecule is NCCCCC(NC(=O)Nc1cccc2ccccc12)C(=O)Nc1ccc(CNC2CCCCC2)cc1. The summed E-state index contributed by atoms with van der Waals surface area (Å²) < 4.78 is 0. The maximum Gasteiger partial charge on any atom is 0.319 e. The van der Waals surface area contributed by atoms with Crippen LogP contribution in [0.25, 0.3) is 10.8 Å². The summed E-state index contributed by atoms with van der Waals surface area (Å²) in [4.78, 5) is 26.0. The van der Waals surface area contributed by atoms with Crippen molar-refractivity contribution in [2.75, 3.05) is 17.2 Å². The van der Waals surface area contributed by atoms with Gasteiger partial charge in [0.05, 0.1) is 5.69 Å². The molecule has 6 N–H and O–H groups in total. The Morgan fingerprint density at radius 1 is 0.865 bits per heavy atom. The van der Waals surface area contributed by atoms with Crippen molar-refractivity contribution < 1.29 is 9.59 Å². The molecule has 0 radical (unpaired) electrons.